The first-order chi connectivity index (χ1) is 10.2. The fraction of sp³-hybridized carbons (Fsp3) is 0.500. The Balaban J connectivity index is 0.00000176. The third-order valence-electron chi connectivity index (χ3n) is 4.46. The maximum atomic E-state index is 6.17. The van der Waals surface area contributed by atoms with Crippen LogP contribution in [0.5, 0.6) is 0 Å². The van der Waals surface area contributed by atoms with E-state index in [0.717, 1.165) is 24.8 Å². The molecule has 0 unspecified atom stereocenters. The summed E-state index contributed by atoms with van der Waals surface area (Å²) in [4.78, 5) is 4.51. The van der Waals surface area contributed by atoms with E-state index in [9.17, 15) is 0 Å². The third kappa shape index (κ3) is 3.62. The Hall–Kier alpha value is -1.10. The fourth-order valence-corrected chi connectivity index (χ4v) is 3.37. The molecule has 0 spiro atoms. The number of benzene rings is 1. The highest BCUT2D eigenvalue weighted by molar-refractivity contribution is 6.33. The first kappa shape index (κ1) is 17.3. The molecule has 1 saturated carbocycles. The van der Waals surface area contributed by atoms with Gasteiger partial charge in [-0.15, -0.1) is 12.4 Å². The van der Waals surface area contributed by atoms with Gasteiger partial charge in [0, 0.05) is 12.0 Å². The zero-order valence-corrected chi connectivity index (χ0v) is 14.0. The van der Waals surface area contributed by atoms with Gasteiger partial charge in [-0.3, -0.25) is 0 Å². The van der Waals surface area contributed by atoms with E-state index in [-0.39, 0.29) is 17.8 Å². The zero-order valence-electron chi connectivity index (χ0n) is 12.4. The maximum Gasteiger partial charge on any atom is 0.227 e. The van der Waals surface area contributed by atoms with Crippen LogP contribution in [0.4, 0.5) is 0 Å². The minimum absolute atomic E-state index is 0. The van der Waals surface area contributed by atoms with Crippen LogP contribution in [0.3, 0.4) is 0 Å². The Morgan fingerprint density at radius 2 is 1.91 bits per heavy atom. The Kier molecular flexibility index (Phi) is 5.84. The van der Waals surface area contributed by atoms with Crippen molar-refractivity contribution in [3.63, 3.8) is 0 Å². The molecule has 1 heterocycles. The van der Waals surface area contributed by atoms with Gasteiger partial charge in [-0.05, 0) is 36.9 Å². The maximum absolute atomic E-state index is 6.17. The summed E-state index contributed by atoms with van der Waals surface area (Å²) < 4.78 is 5.43. The molecule has 0 amide bonds. The quantitative estimate of drug-likeness (QED) is 0.901. The standard InChI is InChI=1S/C16H20ClN3O.ClH/c17-13-7-3-2-6-12(13)15-19-14(21-20-15)10-16(11-18)8-4-1-5-9-16;/h2-3,6-7H,1,4-5,8-11,18H2;1H. The predicted octanol–water partition coefficient (Wildman–Crippen LogP) is 4.26. The average molecular weight is 342 g/mol. The van der Waals surface area contributed by atoms with Crippen molar-refractivity contribution in [1.82, 2.24) is 10.1 Å². The Bertz CT molecular complexity index is 609. The van der Waals surface area contributed by atoms with Gasteiger partial charge in [0.15, 0.2) is 0 Å². The summed E-state index contributed by atoms with van der Waals surface area (Å²) in [6, 6.07) is 7.53. The zero-order chi connectivity index (χ0) is 14.7. The highest BCUT2D eigenvalue weighted by Crippen LogP contribution is 2.38. The monoisotopic (exact) mass is 341 g/mol. The van der Waals surface area contributed by atoms with Gasteiger partial charge in [-0.25, -0.2) is 0 Å². The predicted molar refractivity (Wildman–Crippen MR) is 90.3 cm³/mol. The first-order valence-corrected chi connectivity index (χ1v) is 7.88. The van der Waals surface area contributed by atoms with E-state index in [0.29, 0.717) is 23.3 Å². The molecule has 0 bridgehead atoms. The van der Waals surface area contributed by atoms with Crippen LogP contribution in [0.2, 0.25) is 5.02 Å². The fourth-order valence-electron chi connectivity index (χ4n) is 3.15. The van der Waals surface area contributed by atoms with Crippen LogP contribution >= 0.6 is 24.0 Å². The van der Waals surface area contributed by atoms with Gasteiger partial charge in [0.25, 0.3) is 0 Å². The van der Waals surface area contributed by atoms with E-state index < -0.39 is 0 Å². The summed E-state index contributed by atoms with van der Waals surface area (Å²) >= 11 is 6.17. The summed E-state index contributed by atoms with van der Waals surface area (Å²) in [5, 5.41) is 4.70. The number of halogens is 2. The summed E-state index contributed by atoms with van der Waals surface area (Å²) in [6.07, 6.45) is 6.84. The molecule has 2 aromatic rings. The number of nitrogens with two attached hydrogens (primary N) is 1. The smallest absolute Gasteiger partial charge is 0.227 e. The van der Waals surface area contributed by atoms with E-state index in [4.69, 9.17) is 21.9 Å². The van der Waals surface area contributed by atoms with Crippen molar-refractivity contribution < 1.29 is 4.52 Å². The number of hydrogen-bond donors (Lipinski definition) is 1. The molecular formula is C16H21Cl2N3O. The lowest BCUT2D eigenvalue weighted by Gasteiger charge is -2.34. The number of rotatable bonds is 4. The molecule has 3 rings (SSSR count). The lowest BCUT2D eigenvalue weighted by Crippen LogP contribution is -2.35. The molecule has 1 aromatic heterocycles. The molecule has 0 saturated heterocycles. The molecule has 2 N–H and O–H groups in total. The molecule has 1 aliphatic rings. The lowest BCUT2D eigenvalue weighted by molar-refractivity contribution is 0.177. The summed E-state index contributed by atoms with van der Waals surface area (Å²) in [5.41, 5.74) is 6.95. The van der Waals surface area contributed by atoms with E-state index in [1.165, 1.54) is 19.3 Å². The molecular weight excluding hydrogens is 321 g/mol. The van der Waals surface area contributed by atoms with E-state index in [1.54, 1.807) is 0 Å². The minimum atomic E-state index is 0. The van der Waals surface area contributed by atoms with Crippen LogP contribution in [0.25, 0.3) is 11.4 Å². The molecule has 4 nitrogen and oxygen atoms in total. The van der Waals surface area contributed by atoms with Crippen molar-refractivity contribution in [1.29, 1.82) is 0 Å². The highest BCUT2D eigenvalue weighted by atomic mass is 35.5. The molecule has 1 aromatic carbocycles. The topological polar surface area (TPSA) is 64.9 Å². The van der Waals surface area contributed by atoms with Gasteiger partial charge in [-0.1, -0.05) is 48.2 Å². The largest absolute Gasteiger partial charge is 0.339 e. The van der Waals surface area contributed by atoms with Crippen molar-refractivity contribution in [2.24, 2.45) is 11.1 Å². The van der Waals surface area contributed by atoms with Gasteiger partial charge in [0.05, 0.1) is 5.02 Å². The van der Waals surface area contributed by atoms with Gasteiger partial charge in [0.1, 0.15) is 0 Å². The first-order valence-electron chi connectivity index (χ1n) is 7.50. The van der Waals surface area contributed by atoms with E-state index in [1.807, 2.05) is 24.3 Å². The number of hydrogen-bond acceptors (Lipinski definition) is 4. The minimum Gasteiger partial charge on any atom is -0.339 e. The second-order valence-corrected chi connectivity index (χ2v) is 6.34. The third-order valence-corrected chi connectivity index (χ3v) is 4.79. The lowest BCUT2D eigenvalue weighted by atomic mass is 9.72. The molecule has 120 valence electrons. The van der Waals surface area contributed by atoms with E-state index in [2.05, 4.69) is 10.1 Å². The van der Waals surface area contributed by atoms with Crippen LogP contribution in [0.1, 0.15) is 38.0 Å². The Morgan fingerprint density at radius 1 is 1.18 bits per heavy atom. The molecule has 1 aliphatic carbocycles. The number of nitrogens with zero attached hydrogens (tertiary/aromatic N) is 2. The van der Waals surface area contributed by atoms with Crippen molar-refractivity contribution in [2.45, 2.75) is 38.5 Å². The average Bonchev–Trinajstić information content (AvgIpc) is 2.97. The Morgan fingerprint density at radius 3 is 2.59 bits per heavy atom. The van der Waals surface area contributed by atoms with Crippen LogP contribution < -0.4 is 5.73 Å². The van der Waals surface area contributed by atoms with Crippen LogP contribution in [0.15, 0.2) is 28.8 Å². The van der Waals surface area contributed by atoms with Crippen LogP contribution in [0, 0.1) is 5.41 Å². The van der Waals surface area contributed by atoms with Crippen molar-refractivity contribution in [2.75, 3.05) is 6.54 Å². The molecule has 22 heavy (non-hydrogen) atoms. The van der Waals surface area contributed by atoms with Gasteiger partial charge < -0.3 is 10.3 Å². The molecule has 0 aliphatic heterocycles. The summed E-state index contributed by atoms with van der Waals surface area (Å²) in [5.74, 6) is 1.22. The molecule has 0 radical (unpaired) electrons. The summed E-state index contributed by atoms with van der Waals surface area (Å²) in [7, 11) is 0. The number of aromatic nitrogens is 2. The summed E-state index contributed by atoms with van der Waals surface area (Å²) in [6.45, 7) is 0.677. The van der Waals surface area contributed by atoms with Gasteiger partial charge in [0.2, 0.25) is 11.7 Å². The second kappa shape index (κ2) is 7.44. The van der Waals surface area contributed by atoms with Crippen molar-refractivity contribution in [3.8, 4) is 11.4 Å². The van der Waals surface area contributed by atoms with Crippen molar-refractivity contribution >= 4 is 24.0 Å². The van der Waals surface area contributed by atoms with Gasteiger partial charge in [-0.2, -0.15) is 4.98 Å². The molecule has 1 fully saturated rings. The van der Waals surface area contributed by atoms with E-state index >= 15 is 0 Å². The highest BCUT2D eigenvalue weighted by Gasteiger charge is 2.33. The van der Waals surface area contributed by atoms with Gasteiger partial charge >= 0.3 is 0 Å². The SMILES string of the molecule is Cl.NCC1(Cc2nc(-c3ccccc3Cl)no2)CCCCC1. The Labute approximate surface area is 141 Å². The molecule has 0 atom stereocenters. The normalized spacial score (nSPS) is 17.0. The van der Waals surface area contributed by atoms with Crippen LogP contribution in [-0.4, -0.2) is 16.7 Å². The van der Waals surface area contributed by atoms with Crippen LogP contribution in [-0.2, 0) is 6.42 Å². The molecule has 6 heteroatoms. The second-order valence-electron chi connectivity index (χ2n) is 5.93. The van der Waals surface area contributed by atoms with Crippen molar-refractivity contribution in [3.05, 3.63) is 35.2 Å².